The zero-order chi connectivity index (χ0) is 10.4. The number of alkyl halides is 1. The lowest BCUT2D eigenvalue weighted by molar-refractivity contribution is -0.123. The summed E-state index contributed by atoms with van der Waals surface area (Å²) in [7, 11) is 0. The molecule has 0 fully saturated rings. The topological polar surface area (TPSA) is 70.7 Å². The van der Waals surface area contributed by atoms with Crippen molar-refractivity contribution >= 4 is 17.5 Å². The second kappa shape index (κ2) is 5.59. The molecule has 0 aliphatic heterocycles. The van der Waals surface area contributed by atoms with Crippen LogP contribution in [0.25, 0.3) is 0 Å². The van der Waals surface area contributed by atoms with Crippen molar-refractivity contribution in [1.29, 1.82) is 0 Å². The van der Waals surface area contributed by atoms with Gasteiger partial charge in [-0.25, -0.2) is 4.98 Å². The van der Waals surface area contributed by atoms with Gasteiger partial charge in [0.05, 0.1) is 0 Å². The summed E-state index contributed by atoms with van der Waals surface area (Å²) in [4.78, 5) is 15.2. The van der Waals surface area contributed by atoms with Crippen molar-refractivity contribution in [1.82, 2.24) is 20.5 Å². The van der Waals surface area contributed by atoms with E-state index < -0.39 is 0 Å². The summed E-state index contributed by atoms with van der Waals surface area (Å²) in [5, 5.41) is 9.18. The van der Waals surface area contributed by atoms with E-state index in [1.165, 1.54) is 6.33 Å². The van der Waals surface area contributed by atoms with Gasteiger partial charge < -0.3 is 5.32 Å². The van der Waals surface area contributed by atoms with Crippen LogP contribution in [0.4, 0.5) is 0 Å². The Morgan fingerprint density at radius 2 is 2.57 bits per heavy atom. The van der Waals surface area contributed by atoms with Crippen LogP contribution in [-0.4, -0.2) is 33.5 Å². The second-order valence-electron chi connectivity index (χ2n) is 3.03. The first kappa shape index (κ1) is 11.0. The minimum absolute atomic E-state index is 0.0282. The predicted octanol–water partition coefficient (Wildman–Crippen LogP) is 0.338. The predicted molar refractivity (Wildman–Crippen MR) is 53.0 cm³/mol. The molecule has 1 amide bonds. The van der Waals surface area contributed by atoms with Gasteiger partial charge in [0.15, 0.2) is 0 Å². The molecular weight excluding hydrogens is 204 g/mol. The number of carbonyl (C=O) groups excluding carboxylic acids is 1. The molecule has 6 heteroatoms. The van der Waals surface area contributed by atoms with Crippen LogP contribution in [0.5, 0.6) is 0 Å². The summed E-state index contributed by atoms with van der Waals surface area (Å²) in [5.74, 6) is 0.934. The van der Waals surface area contributed by atoms with Gasteiger partial charge in [-0.15, -0.1) is 11.6 Å². The van der Waals surface area contributed by atoms with E-state index >= 15 is 0 Å². The fourth-order valence-electron chi connectivity index (χ4n) is 0.900. The number of aromatic amines is 1. The highest BCUT2D eigenvalue weighted by molar-refractivity contribution is 6.19. The van der Waals surface area contributed by atoms with Gasteiger partial charge in [0.25, 0.3) is 0 Å². The van der Waals surface area contributed by atoms with Crippen LogP contribution in [0.3, 0.4) is 0 Å². The highest BCUT2D eigenvalue weighted by atomic mass is 35.5. The lowest BCUT2D eigenvalue weighted by Crippen LogP contribution is -2.31. The molecule has 1 heterocycles. The molecule has 1 aromatic heterocycles. The van der Waals surface area contributed by atoms with Gasteiger partial charge in [-0.1, -0.05) is 6.92 Å². The van der Waals surface area contributed by atoms with Crippen molar-refractivity contribution in [3.05, 3.63) is 12.2 Å². The first-order valence-corrected chi connectivity index (χ1v) is 4.95. The molecule has 1 rings (SSSR count). The number of hydrogen-bond acceptors (Lipinski definition) is 3. The number of nitrogens with zero attached hydrogens (tertiary/aromatic N) is 2. The number of nitrogens with one attached hydrogen (secondary N) is 2. The quantitative estimate of drug-likeness (QED) is 0.698. The number of aromatic nitrogens is 3. The standard InChI is InChI=1S/C8H13ClN4O/c1-6(4-9)8(14)10-3-2-7-11-5-12-13-7/h5-6H,2-4H2,1H3,(H,10,14)(H,11,12,13). The molecule has 14 heavy (non-hydrogen) atoms. The van der Waals surface area contributed by atoms with E-state index in [9.17, 15) is 4.79 Å². The van der Waals surface area contributed by atoms with Gasteiger partial charge in [0, 0.05) is 24.8 Å². The van der Waals surface area contributed by atoms with Crippen LogP contribution in [0, 0.1) is 5.92 Å². The Labute approximate surface area is 87.3 Å². The van der Waals surface area contributed by atoms with Crippen LogP contribution < -0.4 is 5.32 Å². The number of amides is 1. The van der Waals surface area contributed by atoms with E-state index in [1.807, 2.05) is 0 Å². The second-order valence-corrected chi connectivity index (χ2v) is 3.34. The largest absolute Gasteiger partial charge is 0.355 e. The van der Waals surface area contributed by atoms with Crippen molar-refractivity contribution in [2.75, 3.05) is 12.4 Å². The molecule has 0 spiro atoms. The SMILES string of the molecule is CC(CCl)C(=O)NCCc1ncn[nH]1. The van der Waals surface area contributed by atoms with Gasteiger partial charge >= 0.3 is 0 Å². The minimum atomic E-state index is -0.147. The lowest BCUT2D eigenvalue weighted by Gasteiger charge is -2.07. The first-order valence-electron chi connectivity index (χ1n) is 4.42. The molecule has 0 bridgehead atoms. The Morgan fingerprint density at radius 1 is 1.79 bits per heavy atom. The molecule has 1 atom stereocenters. The third-order valence-corrected chi connectivity index (χ3v) is 2.27. The van der Waals surface area contributed by atoms with Gasteiger partial charge in [-0.05, 0) is 0 Å². The zero-order valence-electron chi connectivity index (χ0n) is 7.96. The maximum absolute atomic E-state index is 11.3. The molecule has 78 valence electrons. The van der Waals surface area contributed by atoms with Crippen LogP contribution in [0.1, 0.15) is 12.7 Å². The van der Waals surface area contributed by atoms with Crippen LogP contribution in [-0.2, 0) is 11.2 Å². The average Bonchev–Trinajstić information content (AvgIpc) is 2.69. The van der Waals surface area contributed by atoms with E-state index in [1.54, 1.807) is 6.92 Å². The number of hydrogen-bond donors (Lipinski definition) is 2. The van der Waals surface area contributed by atoms with Crippen molar-refractivity contribution < 1.29 is 4.79 Å². The summed E-state index contributed by atoms with van der Waals surface area (Å²) in [6, 6.07) is 0. The third kappa shape index (κ3) is 3.33. The van der Waals surface area contributed by atoms with Crippen LogP contribution in [0.2, 0.25) is 0 Å². The van der Waals surface area contributed by atoms with E-state index in [0.717, 1.165) is 5.82 Å². The van der Waals surface area contributed by atoms with Crippen LogP contribution >= 0.6 is 11.6 Å². The molecular formula is C8H13ClN4O. The monoisotopic (exact) mass is 216 g/mol. The number of carbonyl (C=O) groups is 1. The van der Waals surface area contributed by atoms with E-state index in [2.05, 4.69) is 20.5 Å². The Bertz CT molecular complexity index is 275. The average molecular weight is 217 g/mol. The normalized spacial score (nSPS) is 12.4. The Morgan fingerprint density at radius 3 is 3.14 bits per heavy atom. The Balaban J connectivity index is 2.18. The van der Waals surface area contributed by atoms with E-state index in [4.69, 9.17) is 11.6 Å². The van der Waals surface area contributed by atoms with Gasteiger partial charge in [-0.3, -0.25) is 9.89 Å². The molecule has 0 aliphatic rings. The maximum atomic E-state index is 11.3. The van der Waals surface area contributed by atoms with Crippen molar-refractivity contribution in [3.8, 4) is 0 Å². The van der Waals surface area contributed by atoms with Crippen molar-refractivity contribution in [2.24, 2.45) is 5.92 Å². The molecule has 1 unspecified atom stereocenters. The number of halogens is 1. The van der Waals surface area contributed by atoms with Crippen molar-refractivity contribution in [3.63, 3.8) is 0 Å². The molecule has 0 aliphatic carbocycles. The molecule has 0 saturated carbocycles. The summed E-state index contributed by atoms with van der Waals surface area (Å²) in [6.07, 6.45) is 2.10. The van der Waals surface area contributed by atoms with Gasteiger partial charge in [0.2, 0.25) is 5.91 Å². The third-order valence-electron chi connectivity index (χ3n) is 1.80. The minimum Gasteiger partial charge on any atom is -0.355 e. The molecule has 0 radical (unpaired) electrons. The molecule has 0 aromatic carbocycles. The smallest absolute Gasteiger partial charge is 0.224 e. The fourth-order valence-corrected chi connectivity index (χ4v) is 1.04. The Hall–Kier alpha value is -1.10. The van der Waals surface area contributed by atoms with Crippen molar-refractivity contribution in [2.45, 2.75) is 13.3 Å². The fraction of sp³-hybridized carbons (Fsp3) is 0.625. The zero-order valence-corrected chi connectivity index (χ0v) is 8.71. The lowest BCUT2D eigenvalue weighted by atomic mass is 10.2. The summed E-state index contributed by atoms with van der Waals surface area (Å²) in [5.41, 5.74) is 0. The maximum Gasteiger partial charge on any atom is 0.224 e. The summed E-state index contributed by atoms with van der Waals surface area (Å²) in [6.45, 7) is 2.34. The first-order chi connectivity index (χ1) is 6.74. The molecule has 2 N–H and O–H groups in total. The van der Waals surface area contributed by atoms with Gasteiger partial charge in [0.1, 0.15) is 12.2 Å². The summed E-state index contributed by atoms with van der Waals surface area (Å²) < 4.78 is 0. The highest BCUT2D eigenvalue weighted by Gasteiger charge is 2.10. The molecule has 1 aromatic rings. The molecule has 0 saturated heterocycles. The molecule has 5 nitrogen and oxygen atoms in total. The van der Waals surface area contributed by atoms with E-state index in [0.29, 0.717) is 18.8 Å². The summed E-state index contributed by atoms with van der Waals surface area (Å²) >= 11 is 5.54. The number of rotatable bonds is 5. The van der Waals surface area contributed by atoms with E-state index in [-0.39, 0.29) is 11.8 Å². The Kier molecular flexibility index (Phi) is 4.39. The number of H-pyrrole nitrogens is 1. The highest BCUT2D eigenvalue weighted by Crippen LogP contribution is 1.97. The van der Waals surface area contributed by atoms with Crippen LogP contribution in [0.15, 0.2) is 6.33 Å². The van der Waals surface area contributed by atoms with Gasteiger partial charge in [-0.2, -0.15) is 5.10 Å².